The maximum absolute atomic E-state index is 4.77. The first-order valence-electron chi connectivity index (χ1n) is 7.71. The van der Waals surface area contributed by atoms with Gasteiger partial charge in [-0.2, -0.15) is 0 Å². The fraction of sp³-hybridized carbons (Fsp3) is 0.389. The average molecular weight is 314 g/mol. The molecule has 1 nitrogen and oxygen atoms in total. The van der Waals surface area contributed by atoms with Crippen molar-refractivity contribution in [1.29, 1.82) is 0 Å². The van der Waals surface area contributed by atoms with E-state index in [1.165, 1.54) is 16.8 Å². The van der Waals surface area contributed by atoms with Crippen LogP contribution in [0.4, 0.5) is 0 Å². The van der Waals surface area contributed by atoms with Gasteiger partial charge in [0, 0.05) is 11.9 Å². The molecule has 3 heteroatoms. The van der Waals surface area contributed by atoms with Crippen LogP contribution in [0, 0.1) is 0 Å². The molecule has 0 saturated heterocycles. The van der Waals surface area contributed by atoms with Crippen LogP contribution in [0.3, 0.4) is 0 Å². The highest BCUT2D eigenvalue weighted by molar-refractivity contribution is 6.96. The number of pyridine rings is 1. The van der Waals surface area contributed by atoms with Gasteiger partial charge in [-0.3, -0.25) is 4.98 Å². The fourth-order valence-corrected chi connectivity index (χ4v) is 16.1. The Morgan fingerprint density at radius 1 is 0.762 bits per heavy atom. The molecular weight excluding hydrogens is 286 g/mol. The molecule has 0 aliphatic rings. The van der Waals surface area contributed by atoms with Crippen molar-refractivity contribution in [2.24, 2.45) is 0 Å². The highest BCUT2D eigenvalue weighted by atomic mass is 28.4. The van der Waals surface area contributed by atoms with E-state index in [0.717, 1.165) is 0 Å². The Labute approximate surface area is 131 Å². The van der Waals surface area contributed by atoms with E-state index in [9.17, 15) is 0 Å². The lowest BCUT2D eigenvalue weighted by Gasteiger charge is -2.38. The van der Waals surface area contributed by atoms with Gasteiger partial charge < -0.3 is 0 Å². The molecule has 2 rings (SSSR count). The third-order valence-corrected chi connectivity index (χ3v) is 13.2. The van der Waals surface area contributed by atoms with Crippen LogP contribution in [0.5, 0.6) is 0 Å². The summed E-state index contributed by atoms with van der Waals surface area (Å²) in [4.78, 5) is 4.77. The second-order valence-electron chi connectivity index (χ2n) is 8.00. The average Bonchev–Trinajstić information content (AvgIpc) is 2.37. The van der Waals surface area contributed by atoms with E-state index in [1.54, 1.807) is 0 Å². The van der Waals surface area contributed by atoms with Gasteiger partial charge in [-0.15, -0.1) is 0 Å². The molecule has 0 saturated carbocycles. The van der Waals surface area contributed by atoms with Crippen molar-refractivity contribution >= 4 is 16.1 Å². The summed E-state index contributed by atoms with van der Waals surface area (Å²) in [5.41, 5.74) is 3.89. The molecule has 0 radical (unpaired) electrons. The van der Waals surface area contributed by atoms with E-state index in [1.807, 2.05) is 6.20 Å². The minimum absolute atomic E-state index is 0.689. The van der Waals surface area contributed by atoms with E-state index in [4.69, 9.17) is 4.98 Å². The van der Waals surface area contributed by atoms with Crippen LogP contribution >= 0.6 is 0 Å². The molecule has 0 atom stereocenters. The zero-order valence-corrected chi connectivity index (χ0v) is 16.1. The van der Waals surface area contributed by atoms with Crippen LogP contribution in [-0.4, -0.2) is 21.1 Å². The largest absolute Gasteiger partial charge is 0.262 e. The molecule has 0 N–H and O–H groups in total. The Kier molecular flexibility index (Phi) is 4.54. The van der Waals surface area contributed by atoms with Crippen LogP contribution in [0.15, 0.2) is 48.7 Å². The summed E-state index contributed by atoms with van der Waals surface area (Å²) in [5, 5.41) is 0.689. The Bertz CT molecular complexity index is 581. The molecule has 112 valence electrons. The highest BCUT2D eigenvalue weighted by Gasteiger charge is 2.39. The van der Waals surface area contributed by atoms with Gasteiger partial charge in [0.15, 0.2) is 0 Å². The predicted octanol–water partition coefficient (Wildman–Crippen LogP) is 5.59. The topological polar surface area (TPSA) is 12.9 Å². The number of nitrogens with zero attached hydrogens (tertiary/aromatic N) is 1. The lowest BCUT2D eigenvalue weighted by Crippen LogP contribution is -2.46. The van der Waals surface area contributed by atoms with Gasteiger partial charge in [-0.1, -0.05) is 69.6 Å². The smallest absolute Gasteiger partial charge is 0.0513 e. The predicted molar refractivity (Wildman–Crippen MR) is 99.1 cm³/mol. The first-order valence-corrected chi connectivity index (χ1v) is 14.9. The fourth-order valence-electron chi connectivity index (χ4n) is 3.60. The molecular formula is C18H27NSi2. The maximum atomic E-state index is 4.77. The van der Waals surface area contributed by atoms with Crippen molar-refractivity contribution in [2.75, 3.05) is 0 Å². The van der Waals surface area contributed by atoms with Crippen molar-refractivity contribution in [3.05, 3.63) is 54.4 Å². The zero-order chi connectivity index (χ0) is 15.7. The number of benzene rings is 1. The Hall–Kier alpha value is -1.20. The summed E-state index contributed by atoms with van der Waals surface area (Å²) >= 11 is 0. The van der Waals surface area contributed by atoms with Crippen LogP contribution < -0.4 is 0 Å². The second kappa shape index (κ2) is 5.89. The molecule has 0 unspecified atom stereocenters. The van der Waals surface area contributed by atoms with Crippen molar-refractivity contribution in [1.82, 2.24) is 4.98 Å². The molecule has 0 aliphatic carbocycles. The number of aromatic nitrogens is 1. The first-order chi connectivity index (χ1) is 9.69. The maximum Gasteiger partial charge on any atom is 0.0513 e. The van der Waals surface area contributed by atoms with Crippen molar-refractivity contribution in [3.8, 4) is 11.1 Å². The van der Waals surface area contributed by atoms with Gasteiger partial charge in [0.2, 0.25) is 0 Å². The molecule has 1 aromatic heterocycles. The van der Waals surface area contributed by atoms with E-state index in [-0.39, 0.29) is 0 Å². The monoisotopic (exact) mass is 313 g/mol. The second-order valence-corrected chi connectivity index (χ2v) is 19.2. The lowest BCUT2D eigenvalue weighted by molar-refractivity contribution is 1.07. The van der Waals surface area contributed by atoms with Gasteiger partial charge in [0.25, 0.3) is 0 Å². The molecule has 21 heavy (non-hydrogen) atoms. The Morgan fingerprint density at radius 2 is 1.33 bits per heavy atom. The first kappa shape index (κ1) is 16.2. The van der Waals surface area contributed by atoms with Gasteiger partial charge in [0.1, 0.15) is 0 Å². The van der Waals surface area contributed by atoms with Gasteiger partial charge in [0.05, 0.1) is 16.1 Å². The molecule has 0 fully saturated rings. The van der Waals surface area contributed by atoms with Crippen LogP contribution in [0.25, 0.3) is 11.1 Å². The molecule has 2 aromatic rings. The van der Waals surface area contributed by atoms with Crippen LogP contribution in [-0.2, 0) is 0 Å². The summed E-state index contributed by atoms with van der Waals surface area (Å²) in [7, 11) is -2.58. The van der Waals surface area contributed by atoms with E-state index >= 15 is 0 Å². The number of hydrogen-bond donors (Lipinski definition) is 0. The molecule has 1 heterocycles. The van der Waals surface area contributed by atoms with E-state index in [0.29, 0.717) is 5.16 Å². The van der Waals surface area contributed by atoms with Gasteiger partial charge in [-0.25, -0.2) is 0 Å². The van der Waals surface area contributed by atoms with Gasteiger partial charge >= 0.3 is 0 Å². The normalized spacial score (nSPS) is 12.7. The van der Waals surface area contributed by atoms with E-state index in [2.05, 4.69) is 81.7 Å². The SMILES string of the molecule is C[Si](C)(C)C(c1cc(-c2ccccc2)ccn1)[Si](C)(C)C. The van der Waals surface area contributed by atoms with Crippen molar-refractivity contribution < 1.29 is 0 Å². The molecule has 0 aliphatic heterocycles. The number of rotatable bonds is 4. The molecule has 0 amide bonds. The summed E-state index contributed by atoms with van der Waals surface area (Å²) < 4.78 is 0. The van der Waals surface area contributed by atoms with Crippen molar-refractivity contribution in [3.63, 3.8) is 0 Å². The number of hydrogen-bond acceptors (Lipinski definition) is 1. The summed E-state index contributed by atoms with van der Waals surface area (Å²) in [5.74, 6) is 0. The Morgan fingerprint density at radius 3 is 1.86 bits per heavy atom. The van der Waals surface area contributed by atoms with Crippen LogP contribution in [0.1, 0.15) is 10.9 Å². The van der Waals surface area contributed by atoms with E-state index < -0.39 is 16.1 Å². The van der Waals surface area contributed by atoms with Crippen molar-refractivity contribution in [2.45, 2.75) is 44.4 Å². The minimum Gasteiger partial charge on any atom is -0.262 e. The third-order valence-electron chi connectivity index (χ3n) is 3.92. The lowest BCUT2D eigenvalue weighted by atomic mass is 10.1. The molecule has 0 bridgehead atoms. The van der Waals surface area contributed by atoms with Gasteiger partial charge in [-0.05, 0) is 28.4 Å². The Balaban J connectivity index is 2.49. The third kappa shape index (κ3) is 3.92. The van der Waals surface area contributed by atoms with Crippen LogP contribution in [0.2, 0.25) is 39.3 Å². The molecule has 0 spiro atoms. The summed E-state index contributed by atoms with van der Waals surface area (Å²) in [6, 6.07) is 15.1. The summed E-state index contributed by atoms with van der Waals surface area (Å²) in [6.07, 6.45) is 1.99. The minimum atomic E-state index is -1.29. The molecule has 1 aromatic carbocycles. The zero-order valence-electron chi connectivity index (χ0n) is 14.1. The quantitative estimate of drug-likeness (QED) is 0.671. The highest BCUT2D eigenvalue weighted by Crippen LogP contribution is 2.35. The standard InChI is InChI=1S/C18H27NSi2/c1-20(2,3)18(21(4,5)6)17-14-16(12-13-19-17)15-10-8-7-9-11-15/h7-14,18H,1-6H3. The summed E-state index contributed by atoms with van der Waals surface area (Å²) in [6.45, 7) is 14.9.